The molecule has 2 rings (SSSR count). The SMILES string of the molecule is Cc1ccc(C2CCCCCC2N)cc1Cl. The van der Waals surface area contributed by atoms with Crippen molar-refractivity contribution in [3.63, 3.8) is 0 Å². The van der Waals surface area contributed by atoms with E-state index in [0.29, 0.717) is 12.0 Å². The summed E-state index contributed by atoms with van der Waals surface area (Å²) in [4.78, 5) is 0. The number of rotatable bonds is 1. The second-order valence-electron chi connectivity index (χ2n) is 4.92. The molecule has 0 heterocycles. The highest BCUT2D eigenvalue weighted by Crippen LogP contribution is 2.32. The molecule has 1 aromatic carbocycles. The molecule has 0 radical (unpaired) electrons. The first-order valence-electron chi connectivity index (χ1n) is 6.20. The predicted octanol–water partition coefficient (Wildman–Crippen LogP) is 4.02. The molecule has 1 saturated carbocycles. The molecule has 2 atom stereocenters. The van der Waals surface area contributed by atoms with E-state index >= 15 is 0 Å². The van der Waals surface area contributed by atoms with E-state index in [2.05, 4.69) is 18.2 Å². The summed E-state index contributed by atoms with van der Waals surface area (Å²) in [5.41, 5.74) is 8.73. The average Bonchev–Trinajstić information content (AvgIpc) is 2.47. The summed E-state index contributed by atoms with van der Waals surface area (Å²) in [5, 5.41) is 0.869. The lowest BCUT2D eigenvalue weighted by atomic mass is 9.88. The van der Waals surface area contributed by atoms with Crippen molar-refractivity contribution >= 4 is 11.6 Å². The van der Waals surface area contributed by atoms with Crippen LogP contribution in [0.4, 0.5) is 0 Å². The maximum absolute atomic E-state index is 6.26. The molecule has 1 fully saturated rings. The predicted molar refractivity (Wildman–Crippen MR) is 70.0 cm³/mol. The fourth-order valence-corrected chi connectivity index (χ4v) is 2.78. The van der Waals surface area contributed by atoms with Gasteiger partial charge in [0.05, 0.1) is 0 Å². The highest BCUT2D eigenvalue weighted by molar-refractivity contribution is 6.31. The Bertz CT molecular complexity index is 362. The van der Waals surface area contributed by atoms with Gasteiger partial charge in [-0.2, -0.15) is 0 Å². The van der Waals surface area contributed by atoms with Crippen LogP contribution >= 0.6 is 11.6 Å². The molecular formula is C14H20ClN. The number of hydrogen-bond donors (Lipinski definition) is 1. The van der Waals surface area contributed by atoms with Gasteiger partial charge in [0.1, 0.15) is 0 Å². The lowest BCUT2D eigenvalue weighted by Gasteiger charge is -2.22. The van der Waals surface area contributed by atoms with Crippen molar-refractivity contribution < 1.29 is 0 Å². The van der Waals surface area contributed by atoms with E-state index in [-0.39, 0.29) is 0 Å². The number of hydrogen-bond acceptors (Lipinski definition) is 1. The van der Waals surface area contributed by atoms with E-state index in [1.165, 1.54) is 31.2 Å². The van der Waals surface area contributed by atoms with Crippen molar-refractivity contribution in [3.05, 3.63) is 34.3 Å². The first-order valence-corrected chi connectivity index (χ1v) is 6.58. The third kappa shape index (κ3) is 2.58. The summed E-state index contributed by atoms with van der Waals surface area (Å²) in [5.74, 6) is 0.501. The van der Waals surface area contributed by atoms with Gasteiger partial charge >= 0.3 is 0 Å². The van der Waals surface area contributed by atoms with Crippen LogP contribution < -0.4 is 5.73 Å². The Balaban J connectivity index is 2.23. The van der Waals surface area contributed by atoms with E-state index in [1.807, 2.05) is 6.92 Å². The van der Waals surface area contributed by atoms with Gasteiger partial charge in [-0.05, 0) is 42.9 Å². The van der Waals surface area contributed by atoms with Crippen LogP contribution in [-0.2, 0) is 0 Å². The minimum Gasteiger partial charge on any atom is -0.327 e. The Morgan fingerprint density at radius 1 is 1.19 bits per heavy atom. The molecule has 88 valence electrons. The molecule has 2 heteroatoms. The lowest BCUT2D eigenvalue weighted by Crippen LogP contribution is -2.27. The highest BCUT2D eigenvalue weighted by Gasteiger charge is 2.22. The summed E-state index contributed by atoms with van der Waals surface area (Å²) in [6.45, 7) is 2.04. The molecule has 1 nitrogen and oxygen atoms in total. The third-order valence-corrected chi connectivity index (χ3v) is 4.10. The summed E-state index contributed by atoms with van der Waals surface area (Å²) in [7, 11) is 0. The van der Waals surface area contributed by atoms with Crippen molar-refractivity contribution in [2.75, 3.05) is 0 Å². The Morgan fingerprint density at radius 2 is 1.94 bits per heavy atom. The van der Waals surface area contributed by atoms with Crippen LogP contribution in [0.1, 0.15) is 49.1 Å². The van der Waals surface area contributed by atoms with E-state index in [1.54, 1.807) is 0 Å². The minimum atomic E-state index is 0.307. The fraction of sp³-hybridized carbons (Fsp3) is 0.571. The molecular weight excluding hydrogens is 218 g/mol. The molecule has 2 N–H and O–H groups in total. The maximum atomic E-state index is 6.26. The van der Waals surface area contributed by atoms with Gasteiger partial charge in [0.15, 0.2) is 0 Å². The van der Waals surface area contributed by atoms with Gasteiger partial charge in [-0.3, -0.25) is 0 Å². The van der Waals surface area contributed by atoms with Gasteiger partial charge in [0, 0.05) is 11.1 Å². The molecule has 0 aliphatic heterocycles. The monoisotopic (exact) mass is 237 g/mol. The smallest absolute Gasteiger partial charge is 0.0438 e. The molecule has 1 aromatic rings. The van der Waals surface area contributed by atoms with Gasteiger partial charge in [0.25, 0.3) is 0 Å². The first-order chi connectivity index (χ1) is 7.68. The molecule has 0 saturated heterocycles. The molecule has 0 spiro atoms. The Kier molecular flexibility index (Phi) is 3.88. The van der Waals surface area contributed by atoms with Crippen molar-refractivity contribution in [3.8, 4) is 0 Å². The van der Waals surface area contributed by atoms with Crippen LogP contribution in [-0.4, -0.2) is 6.04 Å². The normalized spacial score (nSPS) is 26.4. The number of halogens is 1. The summed E-state index contributed by atoms with van der Waals surface area (Å²) in [6.07, 6.45) is 6.25. The molecule has 0 bridgehead atoms. The largest absolute Gasteiger partial charge is 0.327 e. The summed E-state index contributed by atoms with van der Waals surface area (Å²) in [6, 6.07) is 6.71. The van der Waals surface area contributed by atoms with Gasteiger partial charge < -0.3 is 5.73 Å². The quantitative estimate of drug-likeness (QED) is 0.734. The number of benzene rings is 1. The zero-order valence-electron chi connectivity index (χ0n) is 9.88. The van der Waals surface area contributed by atoms with Gasteiger partial charge in [-0.25, -0.2) is 0 Å². The lowest BCUT2D eigenvalue weighted by molar-refractivity contribution is 0.505. The molecule has 0 aromatic heterocycles. The van der Waals surface area contributed by atoms with Crippen molar-refractivity contribution in [1.29, 1.82) is 0 Å². The average molecular weight is 238 g/mol. The second-order valence-corrected chi connectivity index (χ2v) is 5.32. The zero-order valence-corrected chi connectivity index (χ0v) is 10.6. The molecule has 16 heavy (non-hydrogen) atoms. The van der Waals surface area contributed by atoms with Crippen LogP contribution in [0.2, 0.25) is 5.02 Å². The third-order valence-electron chi connectivity index (χ3n) is 3.69. The van der Waals surface area contributed by atoms with Crippen LogP contribution in [0.5, 0.6) is 0 Å². The summed E-state index contributed by atoms with van der Waals surface area (Å²) < 4.78 is 0. The zero-order chi connectivity index (χ0) is 11.5. The molecule has 0 amide bonds. The van der Waals surface area contributed by atoms with Crippen molar-refractivity contribution in [1.82, 2.24) is 0 Å². The highest BCUT2D eigenvalue weighted by atomic mass is 35.5. The molecule has 2 unspecified atom stereocenters. The molecule has 1 aliphatic rings. The van der Waals surface area contributed by atoms with E-state index in [9.17, 15) is 0 Å². The van der Waals surface area contributed by atoms with E-state index in [0.717, 1.165) is 17.0 Å². The second kappa shape index (κ2) is 5.20. The Hall–Kier alpha value is -0.530. The van der Waals surface area contributed by atoms with Crippen molar-refractivity contribution in [2.24, 2.45) is 5.73 Å². The summed E-state index contributed by atoms with van der Waals surface area (Å²) >= 11 is 6.18. The minimum absolute atomic E-state index is 0.307. The van der Waals surface area contributed by atoms with Gasteiger partial charge in [-0.1, -0.05) is 43.0 Å². The van der Waals surface area contributed by atoms with Gasteiger partial charge in [-0.15, -0.1) is 0 Å². The Morgan fingerprint density at radius 3 is 2.69 bits per heavy atom. The first kappa shape index (κ1) is 11.9. The number of nitrogens with two attached hydrogens (primary N) is 1. The van der Waals surface area contributed by atoms with Gasteiger partial charge in [0.2, 0.25) is 0 Å². The van der Waals surface area contributed by atoms with Crippen molar-refractivity contribution in [2.45, 2.75) is 51.0 Å². The van der Waals surface area contributed by atoms with Crippen LogP contribution in [0.15, 0.2) is 18.2 Å². The van der Waals surface area contributed by atoms with E-state index in [4.69, 9.17) is 17.3 Å². The maximum Gasteiger partial charge on any atom is 0.0438 e. The topological polar surface area (TPSA) is 26.0 Å². The van der Waals surface area contributed by atoms with E-state index < -0.39 is 0 Å². The Labute approximate surface area is 103 Å². The molecule has 1 aliphatic carbocycles. The standard InChI is InChI=1S/C14H20ClN/c1-10-7-8-11(9-13(10)15)12-5-3-2-4-6-14(12)16/h7-9,12,14H,2-6,16H2,1H3. The van der Waals surface area contributed by atoms with Crippen LogP contribution in [0.25, 0.3) is 0 Å². The van der Waals surface area contributed by atoms with Crippen LogP contribution in [0, 0.1) is 6.92 Å². The fourth-order valence-electron chi connectivity index (χ4n) is 2.59. The van der Waals surface area contributed by atoms with Crippen LogP contribution in [0.3, 0.4) is 0 Å². The number of aryl methyl sites for hydroxylation is 1.